The molecule has 2 aromatic carbocycles. The average Bonchev–Trinajstić information content (AvgIpc) is 3.44. The Morgan fingerprint density at radius 2 is 1.98 bits per heavy atom. The molecule has 0 aliphatic carbocycles. The lowest BCUT2D eigenvalue weighted by Gasteiger charge is -2.25. The highest BCUT2D eigenvalue weighted by Crippen LogP contribution is 2.36. The van der Waals surface area contributed by atoms with E-state index >= 15 is 0 Å². The van der Waals surface area contributed by atoms with E-state index in [0.717, 1.165) is 17.8 Å². The van der Waals surface area contributed by atoms with Crippen molar-refractivity contribution in [2.45, 2.75) is 19.5 Å². The second kappa shape index (κ2) is 11.7. The standard InChI is InChI=1S/C30H27F3N6O2/c1-2-38-12-5-13-39(28-26(38)10-9-25(37-28)21-7-3-8-23(16-21)30(31,32)33)29(40)36-24-15-20(6-4-11-34)14-22(17-24)27-18-35-19-41-27/h3,7-10,14-19H,2,5,11-13,34H2,1H3,(H,36,40). The van der Waals surface area contributed by atoms with E-state index in [-0.39, 0.29) is 6.54 Å². The van der Waals surface area contributed by atoms with E-state index < -0.39 is 17.8 Å². The number of benzene rings is 2. The van der Waals surface area contributed by atoms with Gasteiger partial charge < -0.3 is 20.4 Å². The van der Waals surface area contributed by atoms with Crippen LogP contribution in [0.4, 0.5) is 35.2 Å². The molecular formula is C30H27F3N6O2. The maximum absolute atomic E-state index is 13.8. The lowest BCUT2D eigenvalue weighted by Crippen LogP contribution is -2.36. The van der Waals surface area contributed by atoms with E-state index in [9.17, 15) is 18.0 Å². The molecule has 0 atom stereocenters. The van der Waals surface area contributed by atoms with E-state index in [1.165, 1.54) is 17.4 Å². The fraction of sp³-hybridized carbons (Fsp3) is 0.233. The van der Waals surface area contributed by atoms with Crippen molar-refractivity contribution in [1.29, 1.82) is 0 Å². The Hall–Kier alpha value is -4.82. The van der Waals surface area contributed by atoms with Crippen molar-refractivity contribution in [1.82, 2.24) is 9.97 Å². The van der Waals surface area contributed by atoms with Crippen LogP contribution in [0, 0.1) is 11.8 Å². The van der Waals surface area contributed by atoms with Crippen molar-refractivity contribution >= 4 is 23.2 Å². The van der Waals surface area contributed by atoms with Crippen LogP contribution >= 0.6 is 0 Å². The Morgan fingerprint density at radius 1 is 1.12 bits per heavy atom. The summed E-state index contributed by atoms with van der Waals surface area (Å²) in [5, 5.41) is 2.94. The lowest BCUT2D eigenvalue weighted by molar-refractivity contribution is -0.137. The average molecular weight is 561 g/mol. The molecule has 5 rings (SSSR count). The number of nitrogens with two attached hydrogens (primary N) is 1. The van der Waals surface area contributed by atoms with Crippen molar-refractivity contribution in [2.24, 2.45) is 5.73 Å². The minimum atomic E-state index is -4.49. The molecule has 0 saturated carbocycles. The van der Waals surface area contributed by atoms with E-state index in [1.807, 2.05) is 13.0 Å². The van der Waals surface area contributed by atoms with Gasteiger partial charge in [0, 0.05) is 42.0 Å². The predicted molar refractivity (Wildman–Crippen MR) is 151 cm³/mol. The number of nitrogens with one attached hydrogen (secondary N) is 1. The first kappa shape index (κ1) is 27.7. The van der Waals surface area contributed by atoms with E-state index in [1.54, 1.807) is 36.5 Å². The van der Waals surface area contributed by atoms with Crippen LogP contribution in [-0.2, 0) is 6.18 Å². The quantitative estimate of drug-likeness (QED) is 0.297. The van der Waals surface area contributed by atoms with Gasteiger partial charge in [-0.25, -0.2) is 14.8 Å². The summed E-state index contributed by atoms with van der Waals surface area (Å²) in [7, 11) is 0. The lowest BCUT2D eigenvalue weighted by atomic mass is 10.1. The first-order valence-electron chi connectivity index (χ1n) is 13.0. The highest BCUT2D eigenvalue weighted by Gasteiger charge is 2.31. The highest BCUT2D eigenvalue weighted by atomic mass is 19.4. The van der Waals surface area contributed by atoms with Gasteiger partial charge in [0.1, 0.15) is 0 Å². The number of alkyl halides is 3. The molecule has 4 aromatic rings. The topological polar surface area (TPSA) is 101 Å². The maximum Gasteiger partial charge on any atom is 0.416 e. The number of pyridine rings is 1. The smallest absolute Gasteiger partial charge is 0.416 e. The molecular weight excluding hydrogens is 533 g/mol. The normalized spacial score (nSPS) is 13.2. The highest BCUT2D eigenvalue weighted by molar-refractivity contribution is 6.03. The molecule has 1 aliphatic heterocycles. The summed E-state index contributed by atoms with van der Waals surface area (Å²) in [4.78, 5) is 26.1. The molecule has 3 heterocycles. The van der Waals surface area contributed by atoms with Crippen molar-refractivity contribution in [2.75, 3.05) is 41.3 Å². The van der Waals surface area contributed by atoms with Crippen molar-refractivity contribution in [3.05, 3.63) is 78.3 Å². The molecule has 0 radical (unpaired) electrons. The number of hydrogen-bond donors (Lipinski definition) is 2. The third-order valence-electron chi connectivity index (χ3n) is 6.61. The molecule has 210 valence electrons. The zero-order chi connectivity index (χ0) is 29.0. The molecule has 2 aromatic heterocycles. The number of urea groups is 1. The summed E-state index contributed by atoms with van der Waals surface area (Å²) >= 11 is 0. The third kappa shape index (κ3) is 6.18. The Labute approximate surface area is 235 Å². The summed E-state index contributed by atoms with van der Waals surface area (Å²) < 4.78 is 45.6. The number of halogens is 3. The molecule has 0 saturated heterocycles. The minimum Gasteiger partial charge on any atom is -0.444 e. The van der Waals surface area contributed by atoms with Crippen LogP contribution in [0.1, 0.15) is 24.5 Å². The molecule has 0 unspecified atom stereocenters. The zero-order valence-electron chi connectivity index (χ0n) is 22.2. The number of amides is 2. The first-order valence-corrected chi connectivity index (χ1v) is 13.0. The monoisotopic (exact) mass is 560 g/mol. The molecule has 3 N–H and O–H groups in total. The van der Waals surface area contributed by atoms with Crippen LogP contribution in [0.3, 0.4) is 0 Å². The number of anilines is 3. The molecule has 1 aliphatic rings. The Bertz CT molecular complexity index is 1610. The summed E-state index contributed by atoms with van der Waals surface area (Å²) in [6, 6.07) is 13.3. The molecule has 0 fully saturated rings. The fourth-order valence-electron chi connectivity index (χ4n) is 4.69. The van der Waals surface area contributed by atoms with Crippen LogP contribution in [0.2, 0.25) is 0 Å². The number of aromatic nitrogens is 2. The summed E-state index contributed by atoms with van der Waals surface area (Å²) in [6.45, 7) is 3.90. The minimum absolute atomic E-state index is 0.173. The number of hydrogen-bond acceptors (Lipinski definition) is 6. The predicted octanol–water partition coefficient (Wildman–Crippen LogP) is 6.00. The van der Waals surface area contributed by atoms with Gasteiger partial charge in [-0.15, -0.1) is 0 Å². The van der Waals surface area contributed by atoms with Crippen LogP contribution in [0.5, 0.6) is 0 Å². The van der Waals surface area contributed by atoms with Crippen LogP contribution in [0.25, 0.3) is 22.6 Å². The van der Waals surface area contributed by atoms with E-state index in [2.05, 4.69) is 27.0 Å². The summed E-state index contributed by atoms with van der Waals surface area (Å²) in [6.07, 6.45) is -0.945. The van der Waals surface area contributed by atoms with Crippen molar-refractivity contribution in [3.8, 4) is 34.4 Å². The Kier molecular flexibility index (Phi) is 7.94. The number of carbonyl (C=O) groups is 1. The number of fused-ring (bicyclic) bond motifs is 1. The number of oxazole rings is 1. The van der Waals surface area contributed by atoms with Gasteiger partial charge in [-0.3, -0.25) is 4.90 Å². The zero-order valence-corrected chi connectivity index (χ0v) is 22.2. The maximum atomic E-state index is 13.8. The fourth-order valence-corrected chi connectivity index (χ4v) is 4.69. The van der Waals surface area contributed by atoms with Gasteiger partial charge in [-0.05, 0) is 55.8 Å². The molecule has 8 nitrogen and oxygen atoms in total. The molecule has 11 heteroatoms. The van der Waals surface area contributed by atoms with Gasteiger partial charge in [0.2, 0.25) is 0 Å². The second-order valence-corrected chi connectivity index (χ2v) is 9.30. The number of nitrogens with zero attached hydrogens (tertiary/aromatic N) is 4. The van der Waals surface area contributed by atoms with Gasteiger partial charge in [0.25, 0.3) is 0 Å². The van der Waals surface area contributed by atoms with Crippen LogP contribution in [-0.4, -0.2) is 42.2 Å². The van der Waals surface area contributed by atoms with Gasteiger partial charge >= 0.3 is 12.2 Å². The Balaban J connectivity index is 1.52. The molecule has 0 bridgehead atoms. The SMILES string of the molecule is CCN1CCCN(C(=O)Nc2cc(C#CCN)cc(-c3cnco3)c2)c2nc(-c3cccc(C(F)(F)F)c3)ccc21. The van der Waals surface area contributed by atoms with Crippen molar-refractivity contribution < 1.29 is 22.4 Å². The van der Waals surface area contributed by atoms with Gasteiger partial charge in [0.15, 0.2) is 18.0 Å². The first-order chi connectivity index (χ1) is 19.8. The van der Waals surface area contributed by atoms with Gasteiger partial charge in [-0.2, -0.15) is 13.2 Å². The Morgan fingerprint density at radius 3 is 2.71 bits per heavy atom. The number of carbonyl (C=O) groups excluding carboxylic acids is 1. The van der Waals surface area contributed by atoms with Gasteiger partial charge in [-0.1, -0.05) is 24.0 Å². The van der Waals surface area contributed by atoms with Crippen molar-refractivity contribution in [3.63, 3.8) is 0 Å². The molecule has 2 amide bonds. The largest absolute Gasteiger partial charge is 0.444 e. The van der Waals surface area contributed by atoms with Crippen LogP contribution in [0.15, 0.2) is 71.6 Å². The summed E-state index contributed by atoms with van der Waals surface area (Å²) in [5.41, 5.74) is 7.90. The van der Waals surface area contributed by atoms with E-state index in [4.69, 9.17) is 15.1 Å². The van der Waals surface area contributed by atoms with E-state index in [0.29, 0.717) is 65.7 Å². The third-order valence-corrected chi connectivity index (χ3v) is 6.61. The molecule has 41 heavy (non-hydrogen) atoms. The summed E-state index contributed by atoms with van der Waals surface area (Å²) in [5.74, 6) is 6.66. The number of rotatable bonds is 4. The van der Waals surface area contributed by atoms with Crippen LogP contribution < -0.4 is 20.9 Å². The molecule has 0 spiro atoms. The second-order valence-electron chi connectivity index (χ2n) is 9.30. The van der Waals surface area contributed by atoms with Gasteiger partial charge in [0.05, 0.1) is 29.7 Å².